The Labute approximate surface area is 147 Å². The molecule has 136 valence electrons. The Kier molecular flexibility index (Phi) is 5.46. The van der Waals surface area contributed by atoms with Gasteiger partial charge in [-0.2, -0.15) is 0 Å². The number of rotatable bonds is 4. The summed E-state index contributed by atoms with van der Waals surface area (Å²) in [6.07, 6.45) is 2.70. The molecule has 0 saturated heterocycles. The Hall–Kier alpha value is -2.24. The lowest BCUT2D eigenvalue weighted by molar-refractivity contribution is -0.164. The maximum Gasteiger partial charge on any atom is 0.351 e. The number of ether oxygens (including phenoxy) is 3. The van der Waals surface area contributed by atoms with E-state index in [0.717, 1.165) is 19.3 Å². The molecule has 4 atom stereocenters. The third-order valence-electron chi connectivity index (χ3n) is 4.87. The van der Waals surface area contributed by atoms with Crippen molar-refractivity contribution in [2.24, 2.45) is 5.92 Å². The molecular formula is C19H25NO5. The van der Waals surface area contributed by atoms with Crippen LogP contribution in [0.3, 0.4) is 0 Å². The first kappa shape index (κ1) is 17.6. The molecule has 0 bridgehead atoms. The maximum atomic E-state index is 12.3. The molecule has 6 nitrogen and oxygen atoms in total. The molecule has 1 N–H and O–H groups in total. The molecule has 2 aliphatic rings. The van der Waals surface area contributed by atoms with Gasteiger partial charge in [0, 0.05) is 6.04 Å². The van der Waals surface area contributed by atoms with Gasteiger partial charge in [-0.1, -0.05) is 31.9 Å². The minimum absolute atomic E-state index is 0.0733. The van der Waals surface area contributed by atoms with E-state index < -0.39 is 18.2 Å². The number of carbonyl (C=O) groups is 2. The summed E-state index contributed by atoms with van der Waals surface area (Å²) in [6.45, 7) is 3.80. The highest BCUT2D eigenvalue weighted by Gasteiger charge is 2.32. The summed E-state index contributed by atoms with van der Waals surface area (Å²) < 4.78 is 16.4. The lowest BCUT2D eigenvalue weighted by Crippen LogP contribution is -2.47. The van der Waals surface area contributed by atoms with Crippen molar-refractivity contribution < 1.29 is 23.8 Å². The highest BCUT2D eigenvalue weighted by Crippen LogP contribution is 2.31. The fraction of sp³-hybridized carbons (Fsp3) is 0.579. The van der Waals surface area contributed by atoms with E-state index in [1.807, 2.05) is 6.07 Å². The third kappa shape index (κ3) is 4.24. The quantitative estimate of drug-likeness (QED) is 0.847. The Morgan fingerprint density at radius 3 is 2.68 bits per heavy atom. The first-order valence-corrected chi connectivity index (χ1v) is 8.94. The minimum Gasteiger partial charge on any atom is -0.485 e. The highest BCUT2D eigenvalue weighted by molar-refractivity contribution is 5.85. The number of hydrogen-bond acceptors (Lipinski definition) is 5. The average molecular weight is 347 g/mol. The van der Waals surface area contributed by atoms with Gasteiger partial charge >= 0.3 is 5.97 Å². The van der Waals surface area contributed by atoms with Crippen molar-refractivity contribution in [3.8, 4) is 11.5 Å². The maximum absolute atomic E-state index is 12.3. The van der Waals surface area contributed by atoms with Crippen LogP contribution < -0.4 is 14.8 Å². The average Bonchev–Trinajstić information content (AvgIpc) is 2.63. The van der Waals surface area contributed by atoms with Crippen molar-refractivity contribution >= 4 is 11.9 Å². The first-order chi connectivity index (χ1) is 12.0. The van der Waals surface area contributed by atoms with Gasteiger partial charge < -0.3 is 19.5 Å². The van der Waals surface area contributed by atoms with E-state index >= 15 is 0 Å². The van der Waals surface area contributed by atoms with Crippen molar-refractivity contribution in [3.63, 3.8) is 0 Å². The monoisotopic (exact) mass is 347 g/mol. The van der Waals surface area contributed by atoms with Gasteiger partial charge in [-0.05, 0) is 37.8 Å². The molecule has 1 aliphatic heterocycles. The number of carbonyl (C=O) groups excluding carboxylic acids is 2. The Morgan fingerprint density at radius 2 is 1.92 bits per heavy atom. The molecule has 0 aromatic heterocycles. The molecule has 1 aliphatic carbocycles. The number of esters is 1. The van der Waals surface area contributed by atoms with E-state index in [1.54, 1.807) is 25.1 Å². The number of para-hydroxylation sites is 2. The summed E-state index contributed by atoms with van der Waals surface area (Å²) in [5.74, 6) is 0.706. The molecule has 1 fully saturated rings. The Morgan fingerprint density at radius 1 is 1.20 bits per heavy atom. The minimum atomic E-state index is -0.862. The van der Waals surface area contributed by atoms with E-state index in [1.165, 1.54) is 6.42 Å². The second-order valence-electron chi connectivity index (χ2n) is 6.82. The van der Waals surface area contributed by atoms with Crippen molar-refractivity contribution in [2.45, 2.75) is 57.8 Å². The van der Waals surface area contributed by atoms with Crippen molar-refractivity contribution in [1.29, 1.82) is 0 Å². The van der Waals surface area contributed by atoms with Crippen LogP contribution >= 0.6 is 0 Å². The Balaban J connectivity index is 1.51. The fourth-order valence-electron chi connectivity index (χ4n) is 3.27. The zero-order valence-electron chi connectivity index (χ0n) is 14.7. The van der Waals surface area contributed by atoms with Gasteiger partial charge in [0.05, 0.1) is 0 Å². The molecule has 3 rings (SSSR count). The van der Waals surface area contributed by atoms with Crippen LogP contribution in [-0.2, 0) is 14.3 Å². The van der Waals surface area contributed by atoms with Gasteiger partial charge in [0.15, 0.2) is 17.6 Å². The normalized spacial score (nSPS) is 26.4. The Bertz CT molecular complexity index is 632. The van der Waals surface area contributed by atoms with Crippen LogP contribution in [-0.4, -0.2) is 36.7 Å². The van der Waals surface area contributed by atoms with Gasteiger partial charge in [0.2, 0.25) is 6.10 Å². The van der Waals surface area contributed by atoms with Crippen LogP contribution in [0.25, 0.3) is 0 Å². The van der Waals surface area contributed by atoms with Crippen LogP contribution in [0.2, 0.25) is 0 Å². The van der Waals surface area contributed by atoms with Crippen LogP contribution in [0.5, 0.6) is 11.5 Å². The van der Waals surface area contributed by atoms with Crippen LogP contribution in [0.15, 0.2) is 24.3 Å². The van der Waals surface area contributed by atoms with E-state index in [-0.39, 0.29) is 18.6 Å². The van der Waals surface area contributed by atoms with Crippen molar-refractivity contribution in [2.75, 3.05) is 6.61 Å². The second-order valence-corrected chi connectivity index (χ2v) is 6.82. The molecule has 1 heterocycles. The predicted octanol–water partition coefficient (Wildman–Crippen LogP) is 2.45. The highest BCUT2D eigenvalue weighted by atomic mass is 16.6. The summed E-state index contributed by atoms with van der Waals surface area (Å²) in [5.41, 5.74) is 0. The molecule has 6 heteroatoms. The lowest BCUT2D eigenvalue weighted by atomic mass is 9.86. The van der Waals surface area contributed by atoms with Crippen molar-refractivity contribution in [3.05, 3.63) is 24.3 Å². The SMILES string of the molecule is C[C@H](OC(=O)[C@@H]1COc2ccccc2O1)C(=O)N[C@H]1CCCC[C@H]1C. The summed E-state index contributed by atoms with van der Waals surface area (Å²) >= 11 is 0. The van der Waals surface area contributed by atoms with Gasteiger partial charge in [0.25, 0.3) is 5.91 Å². The van der Waals surface area contributed by atoms with Gasteiger partial charge in [-0.25, -0.2) is 4.79 Å². The molecule has 0 unspecified atom stereocenters. The zero-order chi connectivity index (χ0) is 17.8. The predicted molar refractivity (Wildman–Crippen MR) is 91.5 cm³/mol. The lowest BCUT2D eigenvalue weighted by Gasteiger charge is -2.30. The summed E-state index contributed by atoms with van der Waals surface area (Å²) in [5, 5.41) is 3.00. The number of benzene rings is 1. The summed E-state index contributed by atoms with van der Waals surface area (Å²) in [7, 11) is 0. The molecular weight excluding hydrogens is 322 g/mol. The number of nitrogens with one attached hydrogen (secondary N) is 1. The van der Waals surface area contributed by atoms with Crippen molar-refractivity contribution in [1.82, 2.24) is 5.32 Å². The van der Waals surface area contributed by atoms with Crippen LogP contribution in [0, 0.1) is 5.92 Å². The second kappa shape index (κ2) is 7.76. The first-order valence-electron chi connectivity index (χ1n) is 8.94. The number of amides is 1. The fourth-order valence-corrected chi connectivity index (χ4v) is 3.27. The molecule has 0 radical (unpaired) electrons. The number of hydrogen-bond donors (Lipinski definition) is 1. The smallest absolute Gasteiger partial charge is 0.351 e. The number of fused-ring (bicyclic) bond motifs is 1. The topological polar surface area (TPSA) is 73.9 Å². The van der Waals surface area contributed by atoms with E-state index in [9.17, 15) is 9.59 Å². The molecule has 1 aromatic carbocycles. The van der Waals surface area contributed by atoms with E-state index in [0.29, 0.717) is 17.4 Å². The largest absolute Gasteiger partial charge is 0.485 e. The van der Waals surface area contributed by atoms with E-state index in [2.05, 4.69) is 12.2 Å². The van der Waals surface area contributed by atoms with Gasteiger partial charge in [-0.3, -0.25) is 4.79 Å². The van der Waals surface area contributed by atoms with Gasteiger partial charge in [0.1, 0.15) is 6.61 Å². The van der Waals surface area contributed by atoms with Crippen LogP contribution in [0.4, 0.5) is 0 Å². The molecule has 1 aromatic rings. The molecule has 25 heavy (non-hydrogen) atoms. The molecule has 1 amide bonds. The molecule has 0 spiro atoms. The summed E-state index contributed by atoms with van der Waals surface area (Å²) in [6, 6.07) is 7.30. The van der Waals surface area contributed by atoms with Crippen LogP contribution in [0.1, 0.15) is 39.5 Å². The summed E-state index contributed by atoms with van der Waals surface area (Å²) in [4.78, 5) is 24.6. The third-order valence-corrected chi connectivity index (χ3v) is 4.87. The zero-order valence-corrected chi connectivity index (χ0v) is 14.7. The van der Waals surface area contributed by atoms with Gasteiger partial charge in [-0.15, -0.1) is 0 Å². The standard InChI is InChI=1S/C19H25NO5/c1-12-7-3-4-8-14(12)20-18(21)13(2)24-19(22)17-11-23-15-9-5-6-10-16(15)25-17/h5-6,9-10,12-14,17H,3-4,7-8,11H2,1-2H3,(H,20,21)/t12-,13+,14+,17+/m1/s1. The molecule has 1 saturated carbocycles. The van der Waals surface area contributed by atoms with E-state index in [4.69, 9.17) is 14.2 Å².